The monoisotopic (exact) mass is 243 g/mol. The molecule has 94 valence electrons. The lowest BCUT2D eigenvalue weighted by Crippen LogP contribution is -2.17. The molecule has 0 bridgehead atoms. The SMILES string of the molecule is CCc1c(C)nn(-c2cccnc2C(=N)N)c1C. The fraction of sp³-hybridized carbons (Fsp3) is 0.308. The van der Waals surface area contributed by atoms with Gasteiger partial charge in [-0.05, 0) is 38.0 Å². The molecule has 5 heteroatoms. The maximum absolute atomic E-state index is 7.58. The van der Waals surface area contributed by atoms with E-state index in [1.165, 1.54) is 5.56 Å². The predicted molar refractivity (Wildman–Crippen MR) is 71.2 cm³/mol. The molecule has 0 spiro atoms. The third-order valence-corrected chi connectivity index (χ3v) is 3.06. The highest BCUT2D eigenvalue weighted by molar-refractivity contribution is 5.96. The number of pyridine rings is 1. The van der Waals surface area contributed by atoms with Crippen LogP contribution < -0.4 is 5.73 Å². The molecule has 0 unspecified atom stereocenters. The summed E-state index contributed by atoms with van der Waals surface area (Å²) in [5, 5.41) is 12.1. The molecule has 2 heterocycles. The summed E-state index contributed by atoms with van der Waals surface area (Å²) in [5.41, 5.74) is 10.1. The van der Waals surface area contributed by atoms with E-state index in [0.29, 0.717) is 5.69 Å². The highest BCUT2D eigenvalue weighted by atomic mass is 15.3. The minimum Gasteiger partial charge on any atom is -0.382 e. The van der Waals surface area contributed by atoms with Crippen LogP contribution in [0.5, 0.6) is 0 Å². The molecule has 2 aromatic heterocycles. The van der Waals surface area contributed by atoms with Crippen LogP contribution in [0.25, 0.3) is 5.69 Å². The van der Waals surface area contributed by atoms with Gasteiger partial charge >= 0.3 is 0 Å². The van der Waals surface area contributed by atoms with Gasteiger partial charge in [-0.1, -0.05) is 6.92 Å². The van der Waals surface area contributed by atoms with Crippen LogP contribution in [-0.2, 0) is 6.42 Å². The summed E-state index contributed by atoms with van der Waals surface area (Å²) in [5.74, 6) is -0.0452. The van der Waals surface area contributed by atoms with Gasteiger partial charge in [-0.15, -0.1) is 0 Å². The number of nitrogen functional groups attached to an aromatic ring is 1. The zero-order valence-electron chi connectivity index (χ0n) is 10.9. The van der Waals surface area contributed by atoms with Gasteiger partial charge in [0.05, 0.1) is 11.4 Å². The number of amidine groups is 1. The predicted octanol–water partition coefficient (Wildman–Crippen LogP) is 1.73. The maximum Gasteiger partial charge on any atom is 0.144 e. The lowest BCUT2D eigenvalue weighted by molar-refractivity contribution is 0.824. The first-order chi connectivity index (χ1) is 8.56. The van der Waals surface area contributed by atoms with E-state index in [1.54, 1.807) is 6.20 Å². The summed E-state index contributed by atoms with van der Waals surface area (Å²) >= 11 is 0. The van der Waals surface area contributed by atoms with E-state index in [1.807, 2.05) is 30.7 Å². The first-order valence-electron chi connectivity index (χ1n) is 5.91. The van der Waals surface area contributed by atoms with Crippen molar-refractivity contribution in [3.05, 3.63) is 41.0 Å². The van der Waals surface area contributed by atoms with E-state index in [-0.39, 0.29) is 5.84 Å². The van der Waals surface area contributed by atoms with E-state index in [9.17, 15) is 0 Å². The van der Waals surface area contributed by atoms with Crippen LogP contribution in [0.2, 0.25) is 0 Å². The molecule has 2 rings (SSSR count). The van der Waals surface area contributed by atoms with Crippen molar-refractivity contribution in [3.8, 4) is 5.69 Å². The molecule has 0 aliphatic heterocycles. The second kappa shape index (κ2) is 4.60. The Hall–Kier alpha value is -2.17. The first kappa shape index (κ1) is 12.3. The molecule has 0 radical (unpaired) electrons. The Morgan fingerprint density at radius 1 is 1.44 bits per heavy atom. The summed E-state index contributed by atoms with van der Waals surface area (Å²) in [4.78, 5) is 4.15. The highest BCUT2D eigenvalue weighted by Crippen LogP contribution is 2.19. The van der Waals surface area contributed by atoms with E-state index < -0.39 is 0 Å². The Balaban J connectivity index is 2.66. The first-order valence-corrected chi connectivity index (χ1v) is 5.91. The molecule has 0 aliphatic carbocycles. The second-order valence-corrected chi connectivity index (χ2v) is 4.20. The van der Waals surface area contributed by atoms with E-state index >= 15 is 0 Å². The van der Waals surface area contributed by atoms with Crippen molar-refractivity contribution in [1.29, 1.82) is 5.41 Å². The lowest BCUT2D eigenvalue weighted by Gasteiger charge is -2.09. The fourth-order valence-electron chi connectivity index (χ4n) is 2.20. The standard InChI is InChI=1S/C13H17N5/c1-4-10-8(2)17-18(9(10)3)11-6-5-7-16-12(11)13(14)15/h5-7H,4H2,1-3H3,(H3,14,15). The van der Waals surface area contributed by atoms with Crippen molar-refractivity contribution in [2.45, 2.75) is 27.2 Å². The Bertz CT molecular complexity index is 597. The van der Waals surface area contributed by atoms with E-state index in [4.69, 9.17) is 11.1 Å². The van der Waals surface area contributed by atoms with Crippen LogP contribution in [0.15, 0.2) is 18.3 Å². The Morgan fingerprint density at radius 3 is 2.72 bits per heavy atom. The molecule has 0 atom stereocenters. The van der Waals surface area contributed by atoms with E-state index in [0.717, 1.165) is 23.5 Å². The number of aromatic nitrogens is 3. The van der Waals surface area contributed by atoms with Crippen LogP contribution >= 0.6 is 0 Å². The molecule has 3 N–H and O–H groups in total. The van der Waals surface area contributed by atoms with Gasteiger partial charge in [-0.3, -0.25) is 10.4 Å². The van der Waals surface area contributed by atoms with Gasteiger partial charge in [0, 0.05) is 11.9 Å². The molecule has 0 aromatic carbocycles. The molecule has 2 aromatic rings. The minimum atomic E-state index is -0.0452. The van der Waals surface area contributed by atoms with E-state index in [2.05, 4.69) is 17.0 Å². The molecular formula is C13H17N5. The molecule has 0 fully saturated rings. The molecular weight excluding hydrogens is 226 g/mol. The molecule has 5 nitrogen and oxygen atoms in total. The summed E-state index contributed by atoms with van der Waals surface area (Å²) in [6.45, 7) is 6.12. The number of nitrogens with two attached hydrogens (primary N) is 1. The smallest absolute Gasteiger partial charge is 0.144 e. The number of aryl methyl sites for hydroxylation is 1. The quantitative estimate of drug-likeness (QED) is 0.636. The molecule has 0 saturated carbocycles. The normalized spacial score (nSPS) is 10.6. The third-order valence-electron chi connectivity index (χ3n) is 3.06. The number of hydrogen-bond donors (Lipinski definition) is 2. The highest BCUT2D eigenvalue weighted by Gasteiger charge is 2.15. The van der Waals surface area contributed by atoms with Gasteiger partial charge < -0.3 is 5.73 Å². The van der Waals surface area contributed by atoms with Crippen LogP contribution in [0.3, 0.4) is 0 Å². The summed E-state index contributed by atoms with van der Waals surface area (Å²) in [6, 6.07) is 3.70. The van der Waals surface area contributed by atoms with Gasteiger partial charge in [0.15, 0.2) is 0 Å². The summed E-state index contributed by atoms with van der Waals surface area (Å²) in [7, 11) is 0. The number of nitrogens with zero attached hydrogens (tertiary/aromatic N) is 3. The molecule has 0 aliphatic rings. The van der Waals surface area contributed by atoms with Crippen molar-refractivity contribution in [2.24, 2.45) is 5.73 Å². The van der Waals surface area contributed by atoms with Gasteiger partial charge in [0.1, 0.15) is 11.5 Å². The van der Waals surface area contributed by atoms with Crippen molar-refractivity contribution >= 4 is 5.84 Å². The topological polar surface area (TPSA) is 80.6 Å². The zero-order chi connectivity index (χ0) is 13.3. The third kappa shape index (κ3) is 1.88. The van der Waals surface area contributed by atoms with Gasteiger partial charge in [0.25, 0.3) is 0 Å². The van der Waals surface area contributed by atoms with Gasteiger partial charge in [0.2, 0.25) is 0 Å². The van der Waals surface area contributed by atoms with Crippen LogP contribution in [-0.4, -0.2) is 20.6 Å². The maximum atomic E-state index is 7.58. The van der Waals surface area contributed by atoms with Crippen LogP contribution in [0, 0.1) is 19.3 Å². The second-order valence-electron chi connectivity index (χ2n) is 4.20. The zero-order valence-corrected chi connectivity index (χ0v) is 10.9. The number of nitrogens with one attached hydrogen (secondary N) is 1. The molecule has 0 saturated heterocycles. The number of rotatable bonds is 3. The average Bonchev–Trinajstić information content (AvgIpc) is 2.64. The van der Waals surface area contributed by atoms with Crippen molar-refractivity contribution in [2.75, 3.05) is 0 Å². The minimum absolute atomic E-state index is 0.0452. The lowest BCUT2D eigenvalue weighted by atomic mass is 10.1. The molecule has 0 amide bonds. The Labute approximate surface area is 106 Å². The summed E-state index contributed by atoms with van der Waals surface area (Å²) < 4.78 is 1.82. The van der Waals surface area contributed by atoms with Crippen molar-refractivity contribution in [3.63, 3.8) is 0 Å². The van der Waals surface area contributed by atoms with Crippen molar-refractivity contribution < 1.29 is 0 Å². The number of hydrogen-bond acceptors (Lipinski definition) is 3. The van der Waals surface area contributed by atoms with Crippen LogP contribution in [0.4, 0.5) is 0 Å². The Kier molecular flexibility index (Phi) is 3.14. The van der Waals surface area contributed by atoms with Gasteiger partial charge in [-0.2, -0.15) is 5.10 Å². The Morgan fingerprint density at radius 2 is 2.17 bits per heavy atom. The largest absolute Gasteiger partial charge is 0.382 e. The fourth-order valence-corrected chi connectivity index (χ4v) is 2.20. The summed E-state index contributed by atoms with van der Waals surface area (Å²) in [6.07, 6.45) is 2.57. The van der Waals surface area contributed by atoms with Gasteiger partial charge in [-0.25, -0.2) is 4.68 Å². The average molecular weight is 243 g/mol. The van der Waals surface area contributed by atoms with Crippen molar-refractivity contribution in [1.82, 2.24) is 14.8 Å². The van der Waals surface area contributed by atoms with Crippen LogP contribution in [0.1, 0.15) is 29.6 Å². The molecule has 18 heavy (non-hydrogen) atoms.